The van der Waals surface area contributed by atoms with Crippen LogP contribution < -0.4 is 10.6 Å². The summed E-state index contributed by atoms with van der Waals surface area (Å²) in [5.74, 6) is -1.52. The summed E-state index contributed by atoms with van der Waals surface area (Å²) < 4.78 is 12.8. The lowest BCUT2D eigenvalue weighted by Crippen LogP contribution is -2.31. The fourth-order valence-electron chi connectivity index (χ4n) is 4.02. The van der Waals surface area contributed by atoms with Gasteiger partial charge in [0, 0.05) is 18.9 Å². The third-order valence-corrected chi connectivity index (χ3v) is 5.23. The van der Waals surface area contributed by atoms with Crippen LogP contribution in [-0.2, 0) is 9.59 Å². The number of ketones is 2. The maximum absolute atomic E-state index is 12.9. The molecule has 2 unspecified atom stereocenters. The first-order chi connectivity index (χ1) is 13.8. The minimum Gasteiger partial charge on any atom is -0.338 e. The number of aromatic nitrogens is 1. The van der Waals surface area contributed by atoms with Crippen molar-refractivity contribution in [3.05, 3.63) is 58.5 Å². The highest BCUT2D eigenvalue weighted by molar-refractivity contribution is 6.15. The SMILES string of the molecule is Cc1cc(C)c(C2C(=O)CC(CCNC(=O)Nc3ccc(F)cn3)C2=O)c(C)c1. The third-order valence-electron chi connectivity index (χ3n) is 5.23. The molecule has 6 nitrogen and oxygen atoms in total. The summed E-state index contributed by atoms with van der Waals surface area (Å²) in [5, 5.41) is 5.14. The van der Waals surface area contributed by atoms with Gasteiger partial charge in [0.1, 0.15) is 23.3 Å². The molecule has 152 valence electrons. The predicted octanol–water partition coefficient (Wildman–Crippen LogP) is 3.60. The monoisotopic (exact) mass is 397 g/mol. The summed E-state index contributed by atoms with van der Waals surface area (Å²) in [4.78, 5) is 41.2. The van der Waals surface area contributed by atoms with Gasteiger partial charge < -0.3 is 5.32 Å². The first-order valence-electron chi connectivity index (χ1n) is 9.57. The van der Waals surface area contributed by atoms with Crippen LogP contribution in [0.25, 0.3) is 0 Å². The van der Waals surface area contributed by atoms with Crippen molar-refractivity contribution in [1.29, 1.82) is 0 Å². The van der Waals surface area contributed by atoms with E-state index in [1.807, 2.05) is 32.9 Å². The van der Waals surface area contributed by atoms with Crippen LogP contribution in [0.1, 0.15) is 41.0 Å². The van der Waals surface area contributed by atoms with Gasteiger partial charge in [0.2, 0.25) is 0 Å². The Balaban J connectivity index is 1.58. The van der Waals surface area contributed by atoms with Gasteiger partial charge in [-0.1, -0.05) is 17.7 Å². The number of amides is 2. The third kappa shape index (κ3) is 4.67. The van der Waals surface area contributed by atoms with Crippen LogP contribution in [0, 0.1) is 32.5 Å². The average molecular weight is 397 g/mol. The van der Waals surface area contributed by atoms with E-state index in [0.717, 1.165) is 28.5 Å². The Kier molecular flexibility index (Phi) is 6.06. The number of hydrogen-bond donors (Lipinski definition) is 2. The Morgan fingerprint density at radius 3 is 2.48 bits per heavy atom. The van der Waals surface area contributed by atoms with Crippen molar-refractivity contribution < 1.29 is 18.8 Å². The number of urea groups is 1. The molecule has 1 fully saturated rings. The number of anilines is 1. The van der Waals surface area contributed by atoms with Crippen molar-refractivity contribution >= 4 is 23.4 Å². The Hall–Kier alpha value is -3.09. The number of carbonyl (C=O) groups excluding carboxylic acids is 3. The molecule has 2 N–H and O–H groups in total. The largest absolute Gasteiger partial charge is 0.338 e. The zero-order chi connectivity index (χ0) is 21.1. The second kappa shape index (κ2) is 8.51. The molecule has 1 heterocycles. The van der Waals surface area contributed by atoms with Gasteiger partial charge in [-0.3, -0.25) is 14.9 Å². The number of rotatable bonds is 5. The van der Waals surface area contributed by atoms with Crippen molar-refractivity contribution in [3.63, 3.8) is 0 Å². The summed E-state index contributed by atoms with van der Waals surface area (Å²) in [5.41, 5.74) is 3.84. The molecular weight excluding hydrogens is 373 g/mol. The molecule has 3 rings (SSSR count). The standard InChI is InChI=1S/C22H24FN3O3/c1-12-8-13(2)19(14(3)9-12)20-17(27)10-15(21(20)28)6-7-24-22(29)26-18-5-4-16(23)11-25-18/h4-5,8-9,11,15,20H,6-7,10H2,1-3H3,(H2,24,25,26,29). The van der Waals surface area contributed by atoms with E-state index in [1.54, 1.807) is 0 Å². The molecule has 1 aromatic heterocycles. The summed E-state index contributed by atoms with van der Waals surface area (Å²) in [7, 11) is 0. The van der Waals surface area contributed by atoms with E-state index in [0.29, 0.717) is 6.42 Å². The van der Waals surface area contributed by atoms with Crippen LogP contribution in [-0.4, -0.2) is 29.1 Å². The molecule has 0 aliphatic heterocycles. The minimum atomic E-state index is -0.710. The Morgan fingerprint density at radius 1 is 1.17 bits per heavy atom. The first kappa shape index (κ1) is 20.6. The number of pyridine rings is 1. The number of nitrogens with one attached hydrogen (secondary N) is 2. The molecule has 2 amide bonds. The van der Waals surface area contributed by atoms with Crippen LogP contribution >= 0.6 is 0 Å². The molecule has 1 saturated carbocycles. The molecular formula is C22H24FN3O3. The van der Waals surface area contributed by atoms with E-state index >= 15 is 0 Å². The number of benzene rings is 1. The van der Waals surface area contributed by atoms with Gasteiger partial charge in [-0.25, -0.2) is 14.2 Å². The Morgan fingerprint density at radius 2 is 1.86 bits per heavy atom. The van der Waals surface area contributed by atoms with Crippen LogP contribution in [0.4, 0.5) is 15.0 Å². The van der Waals surface area contributed by atoms with Gasteiger partial charge in [0.15, 0.2) is 5.78 Å². The molecule has 0 spiro atoms. The Labute approximate surface area is 168 Å². The topological polar surface area (TPSA) is 88.2 Å². The van der Waals surface area contributed by atoms with E-state index in [1.165, 1.54) is 12.1 Å². The van der Waals surface area contributed by atoms with Crippen molar-refractivity contribution in [2.45, 2.75) is 39.5 Å². The number of hydrogen-bond acceptors (Lipinski definition) is 4. The molecule has 2 atom stereocenters. The number of carbonyl (C=O) groups is 3. The molecule has 0 radical (unpaired) electrons. The molecule has 1 aromatic carbocycles. The lowest BCUT2D eigenvalue weighted by atomic mass is 9.86. The van der Waals surface area contributed by atoms with E-state index < -0.39 is 23.7 Å². The second-order valence-electron chi connectivity index (χ2n) is 7.55. The molecule has 1 aliphatic carbocycles. The van der Waals surface area contributed by atoms with Gasteiger partial charge in [0.05, 0.1) is 6.20 Å². The van der Waals surface area contributed by atoms with Crippen LogP contribution in [0.5, 0.6) is 0 Å². The van der Waals surface area contributed by atoms with Crippen LogP contribution in [0.2, 0.25) is 0 Å². The molecule has 2 aromatic rings. The predicted molar refractivity (Wildman–Crippen MR) is 107 cm³/mol. The molecule has 0 saturated heterocycles. The van der Waals surface area contributed by atoms with Gasteiger partial charge in [-0.2, -0.15) is 0 Å². The van der Waals surface area contributed by atoms with Crippen molar-refractivity contribution in [2.75, 3.05) is 11.9 Å². The van der Waals surface area contributed by atoms with Crippen LogP contribution in [0.3, 0.4) is 0 Å². The molecule has 0 bridgehead atoms. The smallest absolute Gasteiger partial charge is 0.320 e. The summed E-state index contributed by atoms with van der Waals surface area (Å²) in [6.45, 7) is 6.09. The fraction of sp³-hybridized carbons (Fsp3) is 0.364. The second-order valence-corrected chi connectivity index (χ2v) is 7.55. The summed E-state index contributed by atoms with van der Waals surface area (Å²) in [6, 6.07) is 6.03. The minimum absolute atomic E-state index is 0.0602. The summed E-state index contributed by atoms with van der Waals surface area (Å²) in [6.07, 6.45) is 1.59. The van der Waals surface area contributed by atoms with E-state index in [9.17, 15) is 18.8 Å². The number of nitrogens with zero attached hydrogens (tertiary/aromatic N) is 1. The maximum Gasteiger partial charge on any atom is 0.320 e. The highest BCUT2D eigenvalue weighted by Gasteiger charge is 2.42. The molecule has 1 aliphatic rings. The quantitative estimate of drug-likeness (QED) is 0.755. The number of aryl methyl sites for hydroxylation is 3. The maximum atomic E-state index is 12.9. The lowest BCUT2D eigenvalue weighted by molar-refractivity contribution is -0.124. The number of halogens is 1. The Bertz CT molecular complexity index is 933. The average Bonchev–Trinajstić information content (AvgIpc) is 2.91. The van der Waals surface area contributed by atoms with Gasteiger partial charge >= 0.3 is 6.03 Å². The first-order valence-corrected chi connectivity index (χ1v) is 9.57. The van der Waals surface area contributed by atoms with Crippen molar-refractivity contribution in [3.8, 4) is 0 Å². The van der Waals surface area contributed by atoms with Gasteiger partial charge in [-0.05, 0) is 56.0 Å². The van der Waals surface area contributed by atoms with E-state index in [2.05, 4.69) is 15.6 Å². The van der Waals surface area contributed by atoms with Gasteiger partial charge in [0.25, 0.3) is 0 Å². The fourth-order valence-corrected chi connectivity index (χ4v) is 4.02. The molecule has 7 heteroatoms. The van der Waals surface area contributed by atoms with Crippen molar-refractivity contribution in [2.24, 2.45) is 5.92 Å². The highest BCUT2D eigenvalue weighted by Crippen LogP contribution is 2.37. The number of Topliss-reactive ketones (excluding diaryl/α,β-unsaturated/α-hetero) is 2. The van der Waals surface area contributed by atoms with Crippen molar-refractivity contribution in [1.82, 2.24) is 10.3 Å². The summed E-state index contributed by atoms with van der Waals surface area (Å²) >= 11 is 0. The lowest BCUT2D eigenvalue weighted by Gasteiger charge is -2.16. The molecule has 29 heavy (non-hydrogen) atoms. The van der Waals surface area contributed by atoms with Crippen LogP contribution in [0.15, 0.2) is 30.5 Å². The van der Waals surface area contributed by atoms with Gasteiger partial charge in [-0.15, -0.1) is 0 Å². The normalized spacial score (nSPS) is 18.8. The highest BCUT2D eigenvalue weighted by atomic mass is 19.1. The zero-order valence-corrected chi connectivity index (χ0v) is 16.7. The van der Waals surface area contributed by atoms with E-state index in [-0.39, 0.29) is 30.3 Å². The zero-order valence-electron chi connectivity index (χ0n) is 16.7. The van der Waals surface area contributed by atoms with E-state index in [4.69, 9.17) is 0 Å².